The summed E-state index contributed by atoms with van der Waals surface area (Å²) in [5, 5.41) is 11.9. The molecule has 5 rings (SSSR count). The molecule has 3 amide bonds. The van der Waals surface area contributed by atoms with E-state index in [0.717, 1.165) is 11.3 Å². The molecule has 0 aromatic heterocycles. The Bertz CT molecular complexity index is 1100. The minimum absolute atomic E-state index is 0.134. The minimum atomic E-state index is -2.85. The summed E-state index contributed by atoms with van der Waals surface area (Å²) in [7, 11) is 0. The molecule has 1 spiro atoms. The average Bonchev–Trinajstić information content (AvgIpc) is 3.54. The molecule has 3 N–H and O–H groups in total. The van der Waals surface area contributed by atoms with Crippen LogP contribution in [-0.2, 0) is 4.79 Å². The van der Waals surface area contributed by atoms with Crippen LogP contribution in [0, 0.1) is 17.2 Å². The fraction of sp³-hybridized carbons (Fsp3) is 0.455. The lowest BCUT2D eigenvalue weighted by Crippen LogP contribution is -2.51. The summed E-state index contributed by atoms with van der Waals surface area (Å²) in [6.45, 7) is -0.485. The highest BCUT2D eigenvalue weighted by Gasteiger charge is 2.55. The molecule has 1 aromatic rings. The lowest BCUT2D eigenvalue weighted by Gasteiger charge is -2.34. The molecule has 2 aliphatic carbocycles. The fourth-order valence-electron chi connectivity index (χ4n) is 4.54. The highest BCUT2D eigenvalue weighted by atomic mass is 19.3. The van der Waals surface area contributed by atoms with E-state index in [0.29, 0.717) is 17.2 Å². The number of carbonyl (C=O) groups excluding carboxylic acids is 3. The van der Waals surface area contributed by atoms with E-state index in [9.17, 15) is 28.4 Å². The third-order valence-electron chi connectivity index (χ3n) is 6.68. The van der Waals surface area contributed by atoms with E-state index in [2.05, 4.69) is 22.2 Å². The predicted molar refractivity (Wildman–Crippen MR) is 109 cm³/mol. The number of hydrogen-bond donors (Lipinski definition) is 3. The van der Waals surface area contributed by atoms with Gasteiger partial charge in [-0.1, -0.05) is 0 Å². The van der Waals surface area contributed by atoms with Crippen molar-refractivity contribution in [2.24, 2.45) is 5.92 Å². The summed E-state index contributed by atoms with van der Waals surface area (Å²) in [5.41, 5.74) is 5.35. The number of alkyl halides is 2. The van der Waals surface area contributed by atoms with Crippen LogP contribution in [0.2, 0.25) is 0 Å². The topological polar surface area (TPSA) is 124 Å². The van der Waals surface area contributed by atoms with Gasteiger partial charge in [0, 0.05) is 30.4 Å². The summed E-state index contributed by atoms with van der Waals surface area (Å²) >= 11 is 0. The number of carbonyl (C=O) groups is 3. The predicted octanol–water partition coefficient (Wildman–Crippen LogP) is 1.98. The van der Waals surface area contributed by atoms with Crippen LogP contribution < -0.4 is 20.9 Å². The highest BCUT2D eigenvalue weighted by Crippen LogP contribution is 2.42. The summed E-state index contributed by atoms with van der Waals surface area (Å²) in [6, 6.07) is 7.73. The Morgan fingerprint density at radius 1 is 1.18 bits per heavy atom. The van der Waals surface area contributed by atoms with Crippen LogP contribution in [0.3, 0.4) is 0 Å². The van der Waals surface area contributed by atoms with Crippen molar-refractivity contribution in [1.29, 1.82) is 5.26 Å². The Labute approximate surface area is 187 Å². The number of nitrogens with one attached hydrogen (secondary N) is 3. The molecule has 2 saturated carbocycles. The Balaban J connectivity index is 1.24. The number of ether oxygens (including phenoxy) is 1. The Morgan fingerprint density at radius 3 is 2.55 bits per heavy atom. The standard InChI is InChI=1S/C22H21F2N5O4/c23-22(24)7-5-21(6-8-22)19(31)29(20(32)26-21)11-17(30)12-1-3-13(4-2-12)33-18-15(10-25)14-9-16(14)27-28-18/h1-4,14,16,27-28H,5-9,11H2,(H,26,32). The number of urea groups is 1. The number of hydrazine groups is 1. The van der Waals surface area contributed by atoms with Gasteiger partial charge in [-0.3, -0.25) is 19.9 Å². The first-order chi connectivity index (χ1) is 15.7. The van der Waals surface area contributed by atoms with E-state index >= 15 is 0 Å². The van der Waals surface area contributed by atoms with Crippen LogP contribution in [0.5, 0.6) is 5.75 Å². The maximum Gasteiger partial charge on any atom is 0.325 e. The fourth-order valence-corrected chi connectivity index (χ4v) is 4.54. The largest absolute Gasteiger partial charge is 0.439 e. The number of nitriles is 1. The molecule has 1 saturated heterocycles. The van der Waals surface area contributed by atoms with Crippen molar-refractivity contribution < 1.29 is 27.9 Å². The summed E-state index contributed by atoms with van der Waals surface area (Å²) < 4.78 is 32.8. The van der Waals surface area contributed by atoms with Crippen LogP contribution in [0.15, 0.2) is 35.7 Å². The number of benzene rings is 1. The maximum atomic E-state index is 13.5. The SMILES string of the molecule is N#CC1=C(Oc2ccc(C(=O)CN3C(=O)NC4(CCC(F)(F)CC4)C3=O)cc2)NNC2CC12. The lowest BCUT2D eigenvalue weighted by molar-refractivity contribution is -0.135. The molecular formula is C22H21F2N5O4. The van der Waals surface area contributed by atoms with E-state index in [4.69, 9.17) is 4.74 Å². The minimum Gasteiger partial charge on any atom is -0.439 e. The van der Waals surface area contributed by atoms with E-state index in [1.54, 1.807) is 12.1 Å². The van der Waals surface area contributed by atoms with Gasteiger partial charge >= 0.3 is 6.03 Å². The van der Waals surface area contributed by atoms with Crippen molar-refractivity contribution in [2.45, 2.75) is 49.6 Å². The summed E-state index contributed by atoms with van der Waals surface area (Å²) in [6.07, 6.45) is -0.433. The molecule has 2 atom stereocenters. The average molecular weight is 457 g/mol. The van der Waals surface area contributed by atoms with Crippen molar-refractivity contribution in [1.82, 2.24) is 21.1 Å². The van der Waals surface area contributed by atoms with E-state index in [1.807, 2.05) is 0 Å². The maximum absolute atomic E-state index is 13.5. The zero-order valence-corrected chi connectivity index (χ0v) is 17.5. The normalized spacial score (nSPS) is 26.9. The first-order valence-electron chi connectivity index (χ1n) is 10.7. The van der Waals surface area contributed by atoms with Crippen molar-refractivity contribution in [3.8, 4) is 11.8 Å². The molecular weight excluding hydrogens is 436 g/mol. The second-order valence-corrected chi connectivity index (χ2v) is 8.88. The molecule has 2 heterocycles. The van der Waals surface area contributed by atoms with Gasteiger partial charge in [0.1, 0.15) is 17.4 Å². The van der Waals surface area contributed by atoms with Gasteiger partial charge < -0.3 is 10.1 Å². The van der Waals surface area contributed by atoms with Crippen LogP contribution >= 0.6 is 0 Å². The molecule has 1 aromatic carbocycles. The number of amides is 3. The zero-order chi connectivity index (χ0) is 23.4. The quantitative estimate of drug-likeness (QED) is 0.456. The zero-order valence-electron chi connectivity index (χ0n) is 17.5. The number of Topliss-reactive ketones (excluding diaryl/α,β-unsaturated/α-hetero) is 1. The van der Waals surface area contributed by atoms with Gasteiger partial charge in [0.2, 0.25) is 11.8 Å². The number of imide groups is 1. The number of nitrogens with zero attached hydrogens (tertiary/aromatic N) is 2. The molecule has 2 aliphatic heterocycles. The van der Waals surface area contributed by atoms with Gasteiger partial charge in [0.25, 0.3) is 5.91 Å². The molecule has 2 unspecified atom stereocenters. The molecule has 3 fully saturated rings. The van der Waals surface area contributed by atoms with Gasteiger partial charge in [-0.05, 0) is 43.5 Å². The number of halogens is 2. The molecule has 11 heteroatoms. The Morgan fingerprint density at radius 2 is 1.88 bits per heavy atom. The number of ketones is 1. The number of rotatable bonds is 5. The molecule has 9 nitrogen and oxygen atoms in total. The third kappa shape index (κ3) is 3.80. The van der Waals surface area contributed by atoms with Crippen LogP contribution in [-0.4, -0.2) is 46.7 Å². The Kier molecular flexibility index (Phi) is 4.86. The van der Waals surface area contributed by atoms with Crippen LogP contribution in [0.25, 0.3) is 0 Å². The van der Waals surface area contributed by atoms with E-state index in [1.165, 1.54) is 12.1 Å². The molecule has 172 valence electrons. The number of hydrogen-bond acceptors (Lipinski definition) is 7. The van der Waals surface area contributed by atoms with Crippen LogP contribution in [0.4, 0.5) is 13.6 Å². The van der Waals surface area contributed by atoms with Gasteiger partial charge in [0.05, 0.1) is 12.1 Å². The van der Waals surface area contributed by atoms with E-state index < -0.39 is 48.6 Å². The van der Waals surface area contributed by atoms with Crippen molar-refractivity contribution in [2.75, 3.05) is 6.54 Å². The van der Waals surface area contributed by atoms with Crippen molar-refractivity contribution >= 4 is 17.7 Å². The second-order valence-electron chi connectivity index (χ2n) is 8.88. The molecule has 0 bridgehead atoms. The number of fused-ring (bicyclic) bond motifs is 1. The van der Waals surface area contributed by atoms with Gasteiger partial charge in [-0.2, -0.15) is 5.26 Å². The van der Waals surface area contributed by atoms with Gasteiger partial charge in [0.15, 0.2) is 5.78 Å². The first-order valence-corrected chi connectivity index (χ1v) is 10.7. The second kappa shape index (κ2) is 7.52. The summed E-state index contributed by atoms with van der Waals surface area (Å²) in [5.74, 6) is -3.11. The molecule has 0 radical (unpaired) electrons. The Hall–Kier alpha value is -3.52. The van der Waals surface area contributed by atoms with E-state index in [-0.39, 0.29) is 30.4 Å². The summed E-state index contributed by atoms with van der Waals surface area (Å²) in [4.78, 5) is 38.7. The van der Waals surface area contributed by atoms with Crippen LogP contribution in [0.1, 0.15) is 42.5 Å². The highest BCUT2D eigenvalue weighted by molar-refractivity contribution is 6.11. The van der Waals surface area contributed by atoms with Gasteiger partial charge in [-0.25, -0.2) is 19.0 Å². The van der Waals surface area contributed by atoms with Crippen molar-refractivity contribution in [3.63, 3.8) is 0 Å². The monoisotopic (exact) mass is 457 g/mol. The van der Waals surface area contributed by atoms with Gasteiger partial charge in [-0.15, -0.1) is 0 Å². The molecule has 33 heavy (non-hydrogen) atoms. The smallest absolute Gasteiger partial charge is 0.325 e. The van der Waals surface area contributed by atoms with Crippen molar-refractivity contribution in [3.05, 3.63) is 41.3 Å². The third-order valence-corrected chi connectivity index (χ3v) is 6.68. The first kappa shape index (κ1) is 21.3. The molecule has 4 aliphatic rings. The lowest BCUT2D eigenvalue weighted by atomic mass is 9.80.